The molecule has 1 aromatic carbocycles. The molecule has 0 saturated heterocycles. The summed E-state index contributed by atoms with van der Waals surface area (Å²) >= 11 is 0. The number of ether oxygens (including phenoxy) is 1. The molecule has 2 aromatic rings. The summed E-state index contributed by atoms with van der Waals surface area (Å²) in [6.07, 6.45) is 5.59. The third kappa shape index (κ3) is 5.13. The first-order chi connectivity index (χ1) is 15.9. The Kier molecular flexibility index (Phi) is 7.97. The lowest BCUT2D eigenvalue weighted by Gasteiger charge is -2.32. The second-order valence-corrected chi connectivity index (χ2v) is 8.51. The van der Waals surface area contributed by atoms with Gasteiger partial charge in [0.05, 0.1) is 13.7 Å². The van der Waals surface area contributed by atoms with Crippen molar-refractivity contribution in [2.75, 3.05) is 30.8 Å². The number of nitrogens with one attached hydrogen (secondary N) is 2. The van der Waals surface area contributed by atoms with Crippen LogP contribution in [0.1, 0.15) is 57.9 Å². The van der Waals surface area contributed by atoms with Crippen molar-refractivity contribution in [2.45, 2.75) is 64.5 Å². The van der Waals surface area contributed by atoms with Gasteiger partial charge in [0.15, 0.2) is 5.69 Å². The Morgan fingerprint density at radius 2 is 1.88 bits per heavy atom. The molecule has 180 valence electrons. The van der Waals surface area contributed by atoms with Crippen LogP contribution in [-0.4, -0.2) is 35.7 Å². The van der Waals surface area contributed by atoms with E-state index in [9.17, 15) is 14.4 Å². The number of nitrogen functional groups attached to an aromatic ring is 1. The van der Waals surface area contributed by atoms with Gasteiger partial charge < -0.3 is 15.4 Å². The Morgan fingerprint density at radius 1 is 1.21 bits per heavy atom. The van der Waals surface area contributed by atoms with Crippen LogP contribution < -0.4 is 31.9 Å². The lowest BCUT2D eigenvalue weighted by Crippen LogP contribution is -2.48. The van der Waals surface area contributed by atoms with Gasteiger partial charge in [0.25, 0.3) is 5.56 Å². The second-order valence-electron chi connectivity index (χ2n) is 8.51. The molecule has 0 unspecified atom stereocenters. The van der Waals surface area contributed by atoms with Crippen molar-refractivity contribution in [3.63, 3.8) is 0 Å². The lowest BCUT2D eigenvalue weighted by atomic mass is 9.88. The number of methoxy groups -OCH3 is 1. The highest BCUT2D eigenvalue weighted by Gasteiger charge is 2.36. The van der Waals surface area contributed by atoms with Gasteiger partial charge in [-0.05, 0) is 43.9 Å². The standard InChI is InChI=1S/C24H35N5O4/c1-4-6-15-29-21(25)20(22(31)27-23(29)32)28(5-2)19(30)16-26-24(13-7-8-14-24)17-9-11-18(33-3)12-10-17/h9-12,26H,4-8,13-16,25H2,1-3H3,(H,27,31,32). The molecule has 4 N–H and O–H groups in total. The topological polar surface area (TPSA) is 122 Å². The van der Waals surface area contributed by atoms with Crippen LogP contribution in [0, 0.1) is 0 Å². The first-order valence-corrected chi connectivity index (χ1v) is 11.7. The molecular weight excluding hydrogens is 422 g/mol. The molecule has 1 fully saturated rings. The zero-order valence-electron chi connectivity index (χ0n) is 19.8. The lowest BCUT2D eigenvalue weighted by molar-refractivity contribution is -0.118. The molecule has 1 aliphatic rings. The predicted octanol–water partition coefficient (Wildman–Crippen LogP) is 2.34. The zero-order chi connectivity index (χ0) is 24.0. The SMILES string of the molecule is CCCCn1c(N)c(N(CC)C(=O)CNC2(c3ccc(OC)cc3)CCCC2)c(=O)[nH]c1=O. The number of carbonyl (C=O) groups excluding carboxylic acids is 1. The van der Waals surface area contributed by atoms with E-state index in [1.807, 2.05) is 31.2 Å². The highest BCUT2D eigenvalue weighted by molar-refractivity contribution is 5.96. The number of likely N-dealkylation sites (N-methyl/N-ethyl adjacent to an activating group) is 1. The van der Waals surface area contributed by atoms with Gasteiger partial charge >= 0.3 is 5.69 Å². The van der Waals surface area contributed by atoms with Crippen molar-refractivity contribution < 1.29 is 9.53 Å². The molecule has 1 heterocycles. The van der Waals surface area contributed by atoms with E-state index in [1.165, 1.54) is 9.47 Å². The molecule has 33 heavy (non-hydrogen) atoms. The molecule has 0 bridgehead atoms. The minimum atomic E-state index is -0.647. The summed E-state index contributed by atoms with van der Waals surface area (Å²) in [4.78, 5) is 41.8. The number of nitrogens with two attached hydrogens (primary N) is 1. The number of anilines is 2. The normalized spacial score (nSPS) is 14.9. The predicted molar refractivity (Wildman–Crippen MR) is 130 cm³/mol. The van der Waals surface area contributed by atoms with Crippen LogP contribution in [0.5, 0.6) is 5.75 Å². The first kappa shape index (κ1) is 24.6. The number of rotatable bonds is 10. The van der Waals surface area contributed by atoms with Crippen molar-refractivity contribution in [1.82, 2.24) is 14.9 Å². The van der Waals surface area contributed by atoms with Crippen LogP contribution in [0.2, 0.25) is 0 Å². The maximum Gasteiger partial charge on any atom is 0.330 e. The summed E-state index contributed by atoms with van der Waals surface area (Å²) in [5, 5.41) is 3.48. The van der Waals surface area contributed by atoms with E-state index in [2.05, 4.69) is 10.3 Å². The number of nitrogens with zero attached hydrogens (tertiary/aromatic N) is 2. The van der Waals surface area contributed by atoms with Crippen molar-refractivity contribution in [3.8, 4) is 5.75 Å². The molecule has 9 nitrogen and oxygen atoms in total. The second kappa shape index (κ2) is 10.7. The molecule has 0 spiro atoms. The van der Waals surface area contributed by atoms with E-state index < -0.39 is 11.2 Å². The molecule has 0 aliphatic heterocycles. The first-order valence-electron chi connectivity index (χ1n) is 11.7. The Balaban J connectivity index is 1.85. The summed E-state index contributed by atoms with van der Waals surface area (Å²) in [7, 11) is 1.63. The average Bonchev–Trinajstić information content (AvgIpc) is 3.30. The average molecular weight is 458 g/mol. The maximum atomic E-state index is 13.3. The molecule has 0 atom stereocenters. The summed E-state index contributed by atoms with van der Waals surface area (Å²) < 4.78 is 6.61. The van der Waals surface area contributed by atoms with Crippen LogP contribution in [0.3, 0.4) is 0 Å². The monoisotopic (exact) mass is 457 g/mol. The number of H-pyrrole nitrogens is 1. The van der Waals surface area contributed by atoms with E-state index >= 15 is 0 Å². The number of amides is 1. The van der Waals surface area contributed by atoms with Crippen LogP contribution in [-0.2, 0) is 16.9 Å². The number of unbranched alkanes of at least 4 members (excludes halogenated alkanes) is 1. The summed E-state index contributed by atoms with van der Waals surface area (Å²) in [5.41, 5.74) is 5.86. The zero-order valence-corrected chi connectivity index (χ0v) is 19.8. The van der Waals surface area contributed by atoms with E-state index in [0.29, 0.717) is 6.54 Å². The van der Waals surface area contributed by atoms with Gasteiger partial charge in [-0.2, -0.15) is 0 Å². The number of aromatic nitrogens is 2. The van der Waals surface area contributed by atoms with Crippen molar-refractivity contribution >= 4 is 17.4 Å². The number of aromatic amines is 1. The Morgan fingerprint density at radius 3 is 2.45 bits per heavy atom. The quantitative estimate of drug-likeness (QED) is 0.503. The van der Waals surface area contributed by atoms with Gasteiger partial charge in [-0.1, -0.05) is 38.3 Å². The highest BCUT2D eigenvalue weighted by Crippen LogP contribution is 2.39. The van der Waals surface area contributed by atoms with E-state index in [0.717, 1.165) is 49.8 Å². The molecule has 0 radical (unpaired) electrons. The van der Waals surface area contributed by atoms with Gasteiger partial charge in [0.2, 0.25) is 5.91 Å². The third-order valence-corrected chi connectivity index (χ3v) is 6.51. The molecule has 1 amide bonds. The van der Waals surface area contributed by atoms with Crippen LogP contribution in [0.25, 0.3) is 0 Å². The van der Waals surface area contributed by atoms with Gasteiger partial charge in [0.1, 0.15) is 11.6 Å². The Labute approximate surface area is 193 Å². The van der Waals surface area contributed by atoms with E-state index in [-0.39, 0.29) is 36.0 Å². The minimum absolute atomic E-state index is 0.0261. The van der Waals surface area contributed by atoms with E-state index in [1.54, 1.807) is 14.0 Å². The number of hydrogen-bond acceptors (Lipinski definition) is 6. The van der Waals surface area contributed by atoms with E-state index in [4.69, 9.17) is 10.5 Å². The van der Waals surface area contributed by atoms with Crippen molar-refractivity contribution in [2.24, 2.45) is 0 Å². The van der Waals surface area contributed by atoms with Crippen LogP contribution in [0.15, 0.2) is 33.9 Å². The summed E-state index contributed by atoms with van der Waals surface area (Å²) in [6, 6.07) is 7.92. The largest absolute Gasteiger partial charge is 0.497 e. The Hall–Kier alpha value is -3.07. The van der Waals surface area contributed by atoms with Crippen LogP contribution >= 0.6 is 0 Å². The van der Waals surface area contributed by atoms with Crippen LogP contribution in [0.4, 0.5) is 11.5 Å². The Bertz CT molecular complexity index is 1070. The van der Waals surface area contributed by atoms with Gasteiger partial charge in [-0.3, -0.25) is 24.5 Å². The number of benzene rings is 1. The fourth-order valence-electron chi connectivity index (χ4n) is 4.63. The number of carbonyl (C=O) groups is 1. The molecule has 1 saturated carbocycles. The summed E-state index contributed by atoms with van der Waals surface area (Å²) in [6.45, 7) is 4.48. The molecule has 1 aliphatic carbocycles. The highest BCUT2D eigenvalue weighted by atomic mass is 16.5. The third-order valence-electron chi connectivity index (χ3n) is 6.51. The molecule has 3 rings (SSSR count). The van der Waals surface area contributed by atoms with Crippen molar-refractivity contribution in [1.29, 1.82) is 0 Å². The van der Waals surface area contributed by atoms with Gasteiger partial charge in [-0.15, -0.1) is 0 Å². The summed E-state index contributed by atoms with van der Waals surface area (Å²) in [5.74, 6) is 0.543. The molecular formula is C24H35N5O4. The fraction of sp³-hybridized carbons (Fsp3) is 0.542. The number of hydrogen-bond donors (Lipinski definition) is 3. The smallest absolute Gasteiger partial charge is 0.330 e. The van der Waals surface area contributed by atoms with Gasteiger partial charge in [0, 0.05) is 18.6 Å². The van der Waals surface area contributed by atoms with Crippen molar-refractivity contribution in [3.05, 3.63) is 50.7 Å². The molecule has 9 heteroatoms. The minimum Gasteiger partial charge on any atom is -0.497 e. The molecule has 1 aromatic heterocycles. The van der Waals surface area contributed by atoms with Gasteiger partial charge in [-0.25, -0.2) is 4.79 Å². The fourth-order valence-corrected chi connectivity index (χ4v) is 4.63. The maximum absolute atomic E-state index is 13.3.